The Labute approximate surface area is 149 Å². The summed E-state index contributed by atoms with van der Waals surface area (Å²) in [5, 5.41) is 13.7. The standard InChI is InChI=1S/C18H31N5O2/c1-11(2)15(24)20-14-8-13(21-23(14)7)16(25)19-12-9-17(3,4)22-18(5,6)10-12/h8,11-12,22H,9-10H2,1-7H3,(H,19,25)(H,20,24). The van der Waals surface area contributed by atoms with Crippen molar-refractivity contribution < 1.29 is 9.59 Å². The molecule has 0 unspecified atom stereocenters. The van der Waals surface area contributed by atoms with Gasteiger partial charge in [0.1, 0.15) is 5.82 Å². The number of aryl methyl sites for hydroxylation is 1. The van der Waals surface area contributed by atoms with Crippen molar-refractivity contribution in [3.8, 4) is 0 Å². The van der Waals surface area contributed by atoms with Crippen molar-refractivity contribution in [2.45, 2.75) is 71.5 Å². The van der Waals surface area contributed by atoms with Gasteiger partial charge in [-0.3, -0.25) is 14.3 Å². The molecule has 1 aromatic heterocycles. The average Bonchev–Trinajstić information content (AvgIpc) is 2.76. The summed E-state index contributed by atoms with van der Waals surface area (Å²) in [6.07, 6.45) is 1.71. The predicted molar refractivity (Wildman–Crippen MR) is 98.5 cm³/mol. The smallest absolute Gasteiger partial charge is 0.272 e. The Morgan fingerprint density at radius 3 is 2.32 bits per heavy atom. The van der Waals surface area contributed by atoms with Crippen LogP contribution in [0.4, 0.5) is 5.82 Å². The minimum atomic E-state index is -0.209. The molecule has 1 saturated heterocycles. The van der Waals surface area contributed by atoms with Gasteiger partial charge in [-0.1, -0.05) is 13.8 Å². The molecule has 7 heteroatoms. The molecule has 0 radical (unpaired) electrons. The first-order chi connectivity index (χ1) is 11.4. The van der Waals surface area contributed by atoms with Crippen molar-refractivity contribution in [3.05, 3.63) is 11.8 Å². The van der Waals surface area contributed by atoms with Gasteiger partial charge < -0.3 is 16.0 Å². The SMILES string of the molecule is CC(C)C(=O)Nc1cc(C(=O)NC2CC(C)(C)NC(C)(C)C2)nn1C. The number of hydrogen-bond acceptors (Lipinski definition) is 4. The van der Waals surface area contributed by atoms with Crippen molar-refractivity contribution in [2.75, 3.05) is 5.32 Å². The molecule has 2 heterocycles. The van der Waals surface area contributed by atoms with Gasteiger partial charge in [0.2, 0.25) is 5.91 Å². The lowest BCUT2D eigenvalue weighted by molar-refractivity contribution is -0.118. The van der Waals surface area contributed by atoms with Gasteiger partial charge in [0, 0.05) is 36.2 Å². The molecule has 1 fully saturated rings. The number of carbonyl (C=O) groups is 2. The fraction of sp³-hybridized carbons (Fsp3) is 0.722. The van der Waals surface area contributed by atoms with Gasteiger partial charge >= 0.3 is 0 Å². The first kappa shape index (κ1) is 19.4. The molecule has 0 atom stereocenters. The van der Waals surface area contributed by atoms with Crippen LogP contribution in [-0.4, -0.2) is 38.7 Å². The van der Waals surface area contributed by atoms with Gasteiger partial charge in [-0.15, -0.1) is 0 Å². The molecule has 1 aliphatic rings. The summed E-state index contributed by atoms with van der Waals surface area (Å²) in [5.41, 5.74) is 0.233. The van der Waals surface area contributed by atoms with E-state index in [1.807, 2.05) is 13.8 Å². The molecular weight excluding hydrogens is 318 g/mol. The molecule has 0 spiro atoms. The summed E-state index contributed by atoms with van der Waals surface area (Å²) < 4.78 is 1.52. The van der Waals surface area contributed by atoms with Crippen LogP contribution in [-0.2, 0) is 11.8 Å². The topological polar surface area (TPSA) is 88.1 Å². The molecule has 0 aliphatic carbocycles. The van der Waals surface area contributed by atoms with Crippen LogP contribution in [0, 0.1) is 5.92 Å². The van der Waals surface area contributed by atoms with Gasteiger partial charge in [-0.25, -0.2) is 0 Å². The summed E-state index contributed by atoms with van der Waals surface area (Å²) in [5.74, 6) is 0.0807. The number of nitrogens with one attached hydrogen (secondary N) is 3. The zero-order chi connectivity index (χ0) is 19.0. The Bertz CT molecular complexity index is 644. The number of anilines is 1. The third kappa shape index (κ3) is 5.04. The Kier molecular flexibility index (Phi) is 5.27. The summed E-state index contributed by atoms with van der Waals surface area (Å²) in [6, 6.07) is 1.70. The number of hydrogen-bond donors (Lipinski definition) is 3. The fourth-order valence-corrected chi connectivity index (χ4v) is 3.65. The van der Waals surface area contributed by atoms with Crippen molar-refractivity contribution >= 4 is 17.6 Å². The Morgan fingerprint density at radius 1 is 1.24 bits per heavy atom. The van der Waals surface area contributed by atoms with Crippen molar-refractivity contribution in [1.82, 2.24) is 20.4 Å². The molecular formula is C18H31N5O2. The lowest BCUT2D eigenvalue weighted by atomic mass is 9.79. The second-order valence-corrected chi connectivity index (χ2v) is 8.65. The molecule has 0 aromatic carbocycles. The van der Waals surface area contributed by atoms with Crippen LogP contribution in [0.2, 0.25) is 0 Å². The van der Waals surface area contributed by atoms with E-state index in [0.717, 1.165) is 12.8 Å². The normalized spacial score (nSPS) is 19.7. The monoisotopic (exact) mass is 349 g/mol. The number of piperidine rings is 1. The molecule has 2 amide bonds. The van der Waals surface area contributed by atoms with Crippen LogP contribution in [0.5, 0.6) is 0 Å². The molecule has 0 saturated carbocycles. The number of rotatable bonds is 4. The van der Waals surface area contributed by atoms with Crippen molar-refractivity contribution in [3.63, 3.8) is 0 Å². The zero-order valence-electron chi connectivity index (χ0n) is 16.4. The van der Waals surface area contributed by atoms with Crippen LogP contribution in [0.25, 0.3) is 0 Å². The zero-order valence-corrected chi connectivity index (χ0v) is 16.4. The molecule has 0 bridgehead atoms. The van der Waals surface area contributed by atoms with Gasteiger partial charge in [0.05, 0.1) is 0 Å². The van der Waals surface area contributed by atoms with E-state index in [9.17, 15) is 9.59 Å². The second kappa shape index (κ2) is 6.78. The molecule has 1 aliphatic heterocycles. The summed E-state index contributed by atoms with van der Waals surface area (Å²) in [6.45, 7) is 12.2. The molecule has 3 N–H and O–H groups in total. The Hall–Kier alpha value is -1.89. The van der Waals surface area contributed by atoms with E-state index in [1.165, 1.54) is 4.68 Å². The van der Waals surface area contributed by atoms with Crippen LogP contribution < -0.4 is 16.0 Å². The molecule has 7 nitrogen and oxygen atoms in total. The van der Waals surface area contributed by atoms with Gasteiger partial charge in [0.25, 0.3) is 5.91 Å². The van der Waals surface area contributed by atoms with E-state index in [4.69, 9.17) is 0 Å². The van der Waals surface area contributed by atoms with E-state index in [2.05, 4.69) is 48.7 Å². The highest BCUT2D eigenvalue weighted by Gasteiger charge is 2.38. The second-order valence-electron chi connectivity index (χ2n) is 8.65. The fourth-order valence-electron chi connectivity index (χ4n) is 3.65. The molecule has 1 aromatic rings. The number of nitrogens with zero attached hydrogens (tertiary/aromatic N) is 2. The third-order valence-electron chi connectivity index (χ3n) is 4.41. The highest BCUT2D eigenvalue weighted by Crippen LogP contribution is 2.28. The number of aromatic nitrogens is 2. The van der Waals surface area contributed by atoms with Crippen molar-refractivity contribution in [1.29, 1.82) is 0 Å². The molecule has 140 valence electrons. The predicted octanol–water partition coefficient (Wildman–Crippen LogP) is 2.05. The molecule has 25 heavy (non-hydrogen) atoms. The largest absolute Gasteiger partial charge is 0.348 e. The van der Waals surface area contributed by atoms with Crippen LogP contribution in [0.1, 0.15) is 64.9 Å². The first-order valence-corrected chi connectivity index (χ1v) is 8.84. The summed E-state index contributed by atoms with van der Waals surface area (Å²) >= 11 is 0. The summed E-state index contributed by atoms with van der Waals surface area (Å²) in [4.78, 5) is 24.4. The van der Waals surface area contributed by atoms with E-state index < -0.39 is 0 Å². The lowest BCUT2D eigenvalue weighted by Gasteiger charge is -2.46. The van der Waals surface area contributed by atoms with Crippen LogP contribution in [0.15, 0.2) is 6.07 Å². The van der Waals surface area contributed by atoms with Crippen molar-refractivity contribution in [2.24, 2.45) is 13.0 Å². The highest BCUT2D eigenvalue weighted by molar-refractivity contribution is 5.96. The average molecular weight is 349 g/mol. The van der Waals surface area contributed by atoms with Gasteiger partial charge in [-0.05, 0) is 40.5 Å². The third-order valence-corrected chi connectivity index (χ3v) is 4.41. The Balaban J connectivity index is 2.07. The maximum Gasteiger partial charge on any atom is 0.272 e. The Morgan fingerprint density at radius 2 is 1.80 bits per heavy atom. The van der Waals surface area contributed by atoms with E-state index in [0.29, 0.717) is 11.5 Å². The van der Waals surface area contributed by atoms with Crippen LogP contribution in [0.3, 0.4) is 0 Å². The maximum absolute atomic E-state index is 12.6. The van der Waals surface area contributed by atoms with Gasteiger partial charge in [-0.2, -0.15) is 5.10 Å². The maximum atomic E-state index is 12.6. The van der Waals surface area contributed by atoms with Crippen LogP contribution >= 0.6 is 0 Å². The van der Waals surface area contributed by atoms with E-state index >= 15 is 0 Å². The number of carbonyl (C=O) groups excluding carboxylic acids is 2. The summed E-state index contributed by atoms with van der Waals surface area (Å²) in [7, 11) is 1.71. The van der Waals surface area contributed by atoms with E-state index in [-0.39, 0.29) is 34.9 Å². The number of amides is 2. The quantitative estimate of drug-likeness (QED) is 0.776. The highest BCUT2D eigenvalue weighted by atomic mass is 16.2. The minimum Gasteiger partial charge on any atom is -0.348 e. The first-order valence-electron chi connectivity index (χ1n) is 8.84. The van der Waals surface area contributed by atoms with E-state index in [1.54, 1.807) is 13.1 Å². The molecule has 2 rings (SSSR count). The van der Waals surface area contributed by atoms with Gasteiger partial charge in [0.15, 0.2) is 5.69 Å². The lowest BCUT2D eigenvalue weighted by Crippen LogP contribution is -2.62. The minimum absolute atomic E-state index is 0.0415.